The Hall–Kier alpha value is -3.16. The predicted octanol–water partition coefficient (Wildman–Crippen LogP) is 2.41. The van der Waals surface area contributed by atoms with Crippen LogP contribution in [0.1, 0.15) is 47.1 Å². The molecule has 0 spiro atoms. The van der Waals surface area contributed by atoms with Crippen LogP contribution in [0.5, 0.6) is 0 Å². The molecule has 8 nitrogen and oxygen atoms in total. The lowest BCUT2D eigenvalue weighted by molar-refractivity contribution is 0.0928. The maximum Gasteiger partial charge on any atom is 0.287 e. The zero-order chi connectivity index (χ0) is 18.0. The lowest BCUT2D eigenvalue weighted by Gasteiger charge is -2.10. The summed E-state index contributed by atoms with van der Waals surface area (Å²) in [4.78, 5) is 29.3. The molecule has 2 amide bonds. The largest absolute Gasteiger partial charge is 0.360 e. The maximum atomic E-state index is 12.6. The molecule has 0 bridgehead atoms. The SMILES string of the molecule is CCC(C)NC(=O)c1nc(C(=O)Nc2cc(C)on2)c2ccccn12. The molecule has 8 heteroatoms. The highest BCUT2D eigenvalue weighted by Gasteiger charge is 2.22. The van der Waals surface area contributed by atoms with Gasteiger partial charge >= 0.3 is 0 Å². The molecular weight excluding hydrogens is 322 g/mol. The number of imidazole rings is 1. The molecule has 25 heavy (non-hydrogen) atoms. The van der Waals surface area contributed by atoms with Crippen molar-refractivity contribution < 1.29 is 14.1 Å². The van der Waals surface area contributed by atoms with Crippen molar-refractivity contribution in [2.75, 3.05) is 5.32 Å². The van der Waals surface area contributed by atoms with E-state index in [2.05, 4.69) is 20.8 Å². The normalized spacial score (nSPS) is 12.1. The van der Waals surface area contributed by atoms with E-state index >= 15 is 0 Å². The number of rotatable bonds is 5. The topological polar surface area (TPSA) is 102 Å². The van der Waals surface area contributed by atoms with Crippen LogP contribution >= 0.6 is 0 Å². The number of aryl methyl sites for hydroxylation is 1. The van der Waals surface area contributed by atoms with E-state index in [0.29, 0.717) is 17.1 Å². The molecule has 0 saturated heterocycles. The molecule has 2 N–H and O–H groups in total. The van der Waals surface area contributed by atoms with Gasteiger partial charge in [-0.05, 0) is 32.4 Å². The first-order valence-corrected chi connectivity index (χ1v) is 8.02. The summed E-state index contributed by atoms with van der Waals surface area (Å²) in [5, 5.41) is 9.22. The van der Waals surface area contributed by atoms with Crippen molar-refractivity contribution in [3.8, 4) is 0 Å². The van der Waals surface area contributed by atoms with Crippen LogP contribution in [-0.2, 0) is 0 Å². The van der Waals surface area contributed by atoms with E-state index in [1.54, 1.807) is 41.8 Å². The maximum absolute atomic E-state index is 12.6. The van der Waals surface area contributed by atoms with Crippen molar-refractivity contribution in [2.24, 2.45) is 0 Å². The van der Waals surface area contributed by atoms with Crippen LogP contribution < -0.4 is 10.6 Å². The second kappa shape index (κ2) is 6.76. The van der Waals surface area contributed by atoms with Crippen molar-refractivity contribution >= 4 is 23.1 Å². The Morgan fingerprint density at radius 2 is 2.12 bits per heavy atom. The molecule has 3 heterocycles. The Kier molecular flexibility index (Phi) is 4.51. The fourth-order valence-corrected chi connectivity index (χ4v) is 2.36. The second-order valence-electron chi connectivity index (χ2n) is 5.80. The summed E-state index contributed by atoms with van der Waals surface area (Å²) in [6, 6.07) is 6.91. The quantitative estimate of drug-likeness (QED) is 0.742. The van der Waals surface area contributed by atoms with Gasteiger partial charge in [0.25, 0.3) is 11.8 Å². The minimum Gasteiger partial charge on any atom is -0.360 e. The molecule has 0 aliphatic rings. The first-order chi connectivity index (χ1) is 12.0. The van der Waals surface area contributed by atoms with E-state index in [9.17, 15) is 9.59 Å². The molecule has 0 saturated carbocycles. The summed E-state index contributed by atoms with van der Waals surface area (Å²) in [6.45, 7) is 5.62. The predicted molar refractivity (Wildman–Crippen MR) is 91.6 cm³/mol. The van der Waals surface area contributed by atoms with Crippen molar-refractivity contribution in [3.63, 3.8) is 0 Å². The minimum absolute atomic E-state index is 0.0129. The van der Waals surface area contributed by atoms with Gasteiger partial charge in [0.1, 0.15) is 5.76 Å². The van der Waals surface area contributed by atoms with Crippen LogP contribution in [0.4, 0.5) is 5.82 Å². The highest BCUT2D eigenvalue weighted by molar-refractivity contribution is 6.08. The average molecular weight is 341 g/mol. The molecule has 0 radical (unpaired) electrons. The van der Waals surface area contributed by atoms with Crippen LogP contribution in [0.25, 0.3) is 5.52 Å². The molecule has 1 atom stereocenters. The molecule has 3 rings (SSSR count). The van der Waals surface area contributed by atoms with Crippen molar-refractivity contribution in [2.45, 2.75) is 33.2 Å². The van der Waals surface area contributed by atoms with Gasteiger partial charge in [0.05, 0.1) is 5.52 Å². The Balaban J connectivity index is 1.95. The van der Waals surface area contributed by atoms with Crippen LogP contribution in [0.2, 0.25) is 0 Å². The summed E-state index contributed by atoms with van der Waals surface area (Å²) in [5.41, 5.74) is 0.685. The van der Waals surface area contributed by atoms with Crippen LogP contribution in [0, 0.1) is 6.92 Å². The Morgan fingerprint density at radius 1 is 1.32 bits per heavy atom. The van der Waals surface area contributed by atoms with Crippen LogP contribution in [0.3, 0.4) is 0 Å². The zero-order valence-corrected chi connectivity index (χ0v) is 14.2. The third kappa shape index (κ3) is 3.37. The van der Waals surface area contributed by atoms with E-state index in [4.69, 9.17) is 4.52 Å². The molecular formula is C17H19N5O3. The van der Waals surface area contributed by atoms with Crippen molar-refractivity contribution in [1.82, 2.24) is 19.9 Å². The van der Waals surface area contributed by atoms with Gasteiger partial charge in [0.2, 0.25) is 5.82 Å². The van der Waals surface area contributed by atoms with Gasteiger partial charge < -0.3 is 15.2 Å². The number of carbonyl (C=O) groups excluding carboxylic acids is 2. The Bertz CT molecular complexity index is 927. The van der Waals surface area contributed by atoms with Crippen molar-refractivity contribution in [1.29, 1.82) is 0 Å². The monoisotopic (exact) mass is 341 g/mol. The van der Waals surface area contributed by atoms with E-state index in [1.807, 2.05) is 13.8 Å². The highest BCUT2D eigenvalue weighted by Crippen LogP contribution is 2.16. The third-order valence-electron chi connectivity index (χ3n) is 3.83. The molecule has 0 fully saturated rings. The lowest BCUT2D eigenvalue weighted by Crippen LogP contribution is -2.33. The third-order valence-corrected chi connectivity index (χ3v) is 3.83. The molecule has 0 aliphatic carbocycles. The summed E-state index contributed by atoms with van der Waals surface area (Å²) < 4.78 is 6.53. The number of fused-ring (bicyclic) bond motifs is 1. The standard InChI is InChI=1S/C17H19N5O3/c1-4-10(2)18-17(24)15-20-14(12-7-5-6-8-22(12)15)16(23)19-13-9-11(3)25-21-13/h5-10H,4H2,1-3H3,(H,18,24)(H,19,21,23). The van der Waals surface area contributed by atoms with E-state index in [1.165, 1.54) is 0 Å². The summed E-state index contributed by atoms with van der Waals surface area (Å²) in [7, 11) is 0. The summed E-state index contributed by atoms with van der Waals surface area (Å²) >= 11 is 0. The van der Waals surface area contributed by atoms with Gasteiger partial charge in [-0.2, -0.15) is 0 Å². The number of hydrogen-bond acceptors (Lipinski definition) is 5. The second-order valence-corrected chi connectivity index (χ2v) is 5.80. The van der Waals surface area contributed by atoms with Gasteiger partial charge in [-0.3, -0.25) is 14.0 Å². The van der Waals surface area contributed by atoms with Gasteiger partial charge in [0, 0.05) is 18.3 Å². The van der Waals surface area contributed by atoms with E-state index < -0.39 is 5.91 Å². The molecule has 3 aromatic rings. The Labute approximate surface area is 144 Å². The number of nitrogens with zero attached hydrogens (tertiary/aromatic N) is 3. The number of pyridine rings is 1. The minimum atomic E-state index is -0.459. The van der Waals surface area contributed by atoms with Gasteiger partial charge in [-0.15, -0.1) is 0 Å². The molecule has 1 unspecified atom stereocenters. The van der Waals surface area contributed by atoms with Crippen molar-refractivity contribution in [3.05, 3.63) is 47.7 Å². The average Bonchev–Trinajstić information content (AvgIpc) is 3.18. The van der Waals surface area contributed by atoms with E-state index in [0.717, 1.165) is 6.42 Å². The zero-order valence-electron chi connectivity index (χ0n) is 14.2. The number of anilines is 1. The highest BCUT2D eigenvalue weighted by atomic mass is 16.5. The molecule has 130 valence electrons. The number of aromatic nitrogens is 3. The van der Waals surface area contributed by atoms with Gasteiger partial charge in [0.15, 0.2) is 11.5 Å². The first kappa shape index (κ1) is 16.7. The van der Waals surface area contributed by atoms with Gasteiger partial charge in [-0.25, -0.2) is 4.98 Å². The fourth-order valence-electron chi connectivity index (χ4n) is 2.36. The molecule has 3 aromatic heterocycles. The van der Waals surface area contributed by atoms with Gasteiger partial charge in [-0.1, -0.05) is 18.1 Å². The summed E-state index contributed by atoms with van der Waals surface area (Å²) in [6.07, 6.45) is 2.50. The fraction of sp³-hybridized carbons (Fsp3) is 0.294. The summed E-state index contributed by atoms with van der Waals surface area (Å²) in [5.74, 6) is 0.257. The number of hydrogen-bond donors (Lipinski definition) is 2. The van der Waals surface area contributed by atoms with Crippen LogP contribution in [-0.4, -0.2) is 32.4 Å². The smallest absolute Gasteiger partial charge is 0.287 e. The van der Waals surface area contributed by atoms with E-state index in [-0.39, 0.29) is 23.5 Å². The number of nitrogens with one attached hydrogen (secondary N) is 2. The number of carbonyl (C=O) groups is 2. The van der Waals surface area contributed by atoms with Crippen LogP contribution in [0.15, 0.2) is 35.0 Å². The lowest BCUT2D eigenvalue weighted by atomic mass is 10.2. The number of amides is 2. The Morgan fingerprint density at radius 3 is 2.80 bits per heavy atom. The molecule has 0 aromatic carbocycles. The first-order valence-electron chi connectivity index (χ1n) is 8.02. The molecule has 0 aliphatic heterocycles.